The van der Waals surface area contributed by atoms with Gasteiger partial charge in [-0.3, -0.25) is 14.9 Å². The van der Waals surface area contributed by atoms with Crippen LogP contribution in [0.3, 0.4) is 0 Å². The van der Waals surface area contributed by atoms with E-state index in [1.165, 1.54) is 36.4 Å². The van der Waals surface area contributed by atoms with Gasteiger partial charge in [0.1, 0.15) is 5.37 Å². The maximum Gasteiger partial charge on any atom is 0.303 e. The Morgan fingerprint density at radius 1 is 1.18 bits per heavy atom. The maximum atomic E-state index is 14.2. The number of aryl methyl sites for hydroxylation is 1. The Bertz CT molecular complexity index is 1110. The highest BCUT2D eigenvalue weighted by Gasteiger charge is 2.41. The van der Waals surface area contributed by atoms with Gasteiger partial charge in [0, 0.05) is 30.8 Å². The quantitative estimate of drug-likeness (QED) is 0.512. The molecule has 2 aromatic carbocycles. The summed E-state index contributed by atoms with van der Waals surface area (Å²) in [7, 11) is -4.17. The van der Waals surface area contributed by atoms with Gasteiger partial charge in [0.2, 0.25) is 5.91 Å². The summed E-state index contributed by atoms with van der Waals surface area (Å²) in [4.78, 5) is 23.1. The molecule has 3 rings (SSSR count). The van der Waals surface area contributed by atoms with Gasteiger partial charge < -0.3 is 10.4 Å². The van der Waals surface area contributed by atoms with Crippen LogP contribution >= 0.6 is 11.6 Å². The third-order valence-corrected chi connectivity index (χ3v) is 7.53. The Kier molecular flexibility index (Phi) is 7.71. The van der Waals surface area contributed by atoms with Crippen LogP contribution in [0.2, 0.25) is 5.02 Å². The van der Waals surface area contributed by atoms with Crippen molar-refractivity contribution in [2.75, 3.05) is 6.54 Å². The highest BCUT2D eigenvalue weighted by atomic mass is 35.5. The zero-order valence-electron chi connectivity index (χ0n) is 17.4. The highest BCUT2D eigenvalue weighted by Crippen LogP contribution is 2.32. The number of hydrogen-bond donors (Lipinski definition) is 3. The number of carboxylic acid groups (broad SMARTS) is 1. The summed E-state index contributed by atoms with van der Waals surface area (Å²) in [6.45, 7) is -0.211. The van der Waals surface area contributed by atoms with Crippen LogP contribution in [0.1, 0.15) is 35.8 Å². The predicted molar refractivity (Wildman–Crippen MR) is 118 cm³/mol. The van der Waals surface area contributed by atoms with Crippen LogP contribution in [0.4, 0.5) is 8.78 Å². The van der Waals surface area contributed by atoms with Gasteiger partial charge in [-0.15, -0.1) is 0 Å². The van der Waals surface area contributed by atoms with Crippen LogP contribution in [-0.2, 0) is 25.8 Å². The van der Waals surface area contributed by atoms with Gasteiger partial charge >= 0.3 is 5.97 Å². The summed E-state index contributed by atoms with van der Waals surface area (Å²) in [5.41, 5.74) is 0.895. The lowest BCUT2D eigenvalue weighted by atomic mass is 10.1. The van der Waals surface area contributed by atoms with Crippen LogP contribution in [0, 0.1) is 0 Å². The SMILES string of the molecule is O=C(O)CCc1ccc([C@H](N[C@@H]2CC(F)(F)CCNC2=O)S(=O)(=O)c2ccc(Cl)cc2)cc1. The summed E-state index contributed by atoms with van der Waals surface area (Å²) in [5.74, 6) is -4.82. The first-order valence-corrected chi connectivity index (χ1v) is 12.1. The minimum atomic E-state index is -4.17. The average Bonchev–Trinajstić information content (AvgIpc) is 2.88. The first-order valence-electron chi connectivity index (χ1n) is 10.2. The molecule has 1 heterocycles. The summed E-state index contributed by atoms with van der Waals surface area (Å²) in [6.07, 6.45) is -1.23. The van der Waals surface area contributed by atoms with E-state index >= 15 is 0 Å². The maximum absolute atomic E-state index is 14.2. The number of halogens is 3. The minimum Gasteiger partial charge on any atom is -0.481 e. The summed E-state index contributed by atoms with van der Waals surface area (Å²) in [5, 5.41) is 12.7. The fourth-order valence-corrected chi connectivity index (χ4v) is 5.31. The number of alkyl halides is 2. The molecule has 1 aliphatic rings. The summed E-state index contributed by atoms with van der Waals surface area (Å²) < 4.78 is 55.3. The molecule has 1 saturated heterocycles. The molecule has 33 heavy (non-hydrogen) atoms. The molecule has 11 heteroatoms. The number of aliphatic carboxylic acids is 1. The molecular formula is C22H23ClF2N2O5S. The second-order valence-corrected chi connectivity index (χ2v) is 10.3. The van der Waals surface area contributed by atoms with E-state index in [2.05, 4.69) is 10.6 Å². The van der Waals surface area contributed by atoms with Crippen LogP contribution < -0.4 is 10.6 Å². The third-order valence-electron chi connectivity index (χ3n) is 5.32. The van der Waals surface area contributed by atoms with E-state index in [1.54, 1.807) is 12.1 Å². The van der Waals surface area contributed by atoms with Gasteiger partial charge in [-0.25, -0.2) is 17.2 Å². The van der Waals surface area contributed by atoms with Crippen molar-refractivity contribution in [3.63, 3.8) is 0 Å². The van der Waals surface area contributed by atoms with Crippen molar-refractivity contribution in [1.29, 1.82) is 0 Å². The van der Waals surface area contributed by atoms with Gasteiger partial charge in [0.05, 0.1) is 10.9 Å². The number of sulfone groups is 1. The lowest BCUT2D eigenvalue weighted by molar-refractivity contribution is -0.137. The second kappa shape index (κ2) is 10.1. The number of carbonyl (C=O) groups is 2. The molecule has 2 aromatic rings. The zero-order chi connectivity index (χ0) is 24.2. The largest absolute Gasteiger partial charge is 0.481 e. The van der Waals surface area contributed by atoms with Gasteiger partial charge in [-0.2, -0.15) is 0 Å². The summed E-state index contributed by atoms with van der Waals surface area (Å²) >= 11 is 5.86. The molecular weight excluding hydrogens is 478 g/mol. The molecule has 0 saturated carbocycles. The van der Waals surface area contributed by atoms with Crippen molar-refractivity contribution in [2.24, 2.45) is 0 Å². The number of nitrogens with one attached hydrogen (secondary N) is 2. The molecule has 0 spiro atoms. The van der Waals surface area contributed by atoms with Gasteiger partial charge in [-0.05, 0) is 41.8 Å². The standard InChI is InChI=1S/C22H23ClF2N2O5S/c23-16-6-8-17(9-7-16)33(31,32)21(15-4-1-14(2-5-15)3-10-19(28)29)27-18-13-22(24,25)11-12-26-20(18)30/h1-2,4-9,18,21,27H,3,10-13H2,(H,26,30)(H,28,29)/t18-,21-/m1/s1. The lowest BCUT2D eigenvalue weighted by Crippen LogP contribution is -2.47. The van der Waals surface area contributed by atoms with E-state index in [0.29, 0.717) is 10.6 Å². The Morgan fingerprint density at radius 2 is 1.82 bits per heavy atom. The van der Waals surface area contributed by atoms with E-state index in [-0.39, 0.29) is 29.8 Å². The number of carbonyl (C=O) groups excluding carboxylic acids is 1. The smallest absolute Gasteiger partial charge is 0.303 e. The Hall–Kier alpha value is -2.56. The van der Waals surface area contributed by atoms with E-state index in [9.17, 15) is 26.8 Å². The molecule has 0 unspecified atom stereocenters. The fourth-order valence-electron chi connectivity index (χ4n) is 3.54. The van der Waals surface area contributed by atoms with Crippen molar-refractivity contribution in [1.82, 2.24) is 10.6 Å². The molecule has 3 N–H and O–H groups in total. The van der Waals surface area contributed by atoms with Gasteiger partial charge in [0.25, 0.3) is 5.92 Å². The zero-order valence-corrected chi connectivity index (χ0v) is 19.0. The molecule has 1 aliphatic heterocycles. The van der Waals surface area contributed by atoms with E-state index in [4.69, 9.17) is 16.7 Å². The molecule has 7 nitrogen and oxygen atoms in total. The van der Waals surface area contributed by atoms with Crippen LogP contribution in [0.15, 0.2) is 53.4 Å². The topological polar surface area (TPSA) is 113 Å². The van der Waals surface area contributed by atoms with Crippen molar-refractivity contribution >= 4 is 33.3 Å². The number of hydrogen-bond acceptors (Lipinski definition) is 5. The molecule has 0 aromatic heterocycles. The first-order chi connectivity index (χ1) is 15.5. The number of amides is 1. The second-order valence-electron chi connectivity index (χ2n) is 7.83. The van der Waals surface area contributed by atoms with Crippen LogP contribution in [-0.4, -0.2) is 43.9 Å². The monoisotopic (exact) mass is 500 g/mol. The van der Waals surface area contributed by atoms with Crippen molar-refractivity contribution in [3.05, 3.63) is 64.7 Å². The normalized spacial score (nSPS) is 19.4. The van der Waals surface area contributed by atoms with E-state index in [0.717, 1.165) is 0 Å². The van der Waals surface area contributed by atoms with Crippen LogP contribution in [0.5, 0.6) is 0 Å². The lowest BCUT2D eigenvalue weighted by Gasteiger charge is -2.26. The Balaban J connectivity index is 1.98. The Morgan fingerprint density at radius 3 is 2.42 bits per heavy atom. The molecule has 2 atom stereocenters. The molecule has 0 radical (unpaired) electrons. The van der Waals surface area contributed by atoms with E-state index in [1.807, 2.05) is 0 Å². The number of benzene rings is 2. The number of rotatable bonds is 8. The van der Waals surface area contributed by atoms with Crippen molar-refractivity contribution in [2.45, 2.75) is 47.9 Å². The Labute approximate surface area is 195 Å². The molecule has 178 valence electrons. The first kappa shape index (κ1) is 25.1. The summed E-state index contributed by atoms with van der Waals surface area (Å²) in [6, 6.07) is 10.1. The number of carboxylic acids is 1. The van der Waals surface area contributed by atoms with Gasteiger partial charge in [0.15, 0.2) is 9.84 Å². The predicted octanol–water partition coefficient (Wildman–Crippen LogP) is 3.33. The third kappa shape index (κ3) is 6.49. The highest BCUT2D eigenvalue weighted by molar-refractivity contribution is 7.91. The minimum absolute atomic E-state index is 0.0958. The van der Waals surface area contributed by atoms with Crippen molar-refractivity contribution < 1.29 is 31.9 Å². The van der Waals surface area contributed by atoms with Crippen LogP contribution in [0.25, 0.3) is 0 Å². The van der Waals surface area contributed by atoms with Gasteiger partial charge in [-0.1, -0.05) is 35.9 Å². The van der Waals surface area contributed by atoms with E-state index < -0.39 is 51.9 Å². The fraction of sp³-hybridized carbons (Fsp3) is 0.364. The molecule has 0 aliphatic carbocycles. The average molecular weight is 501 g/mol. The van der Waals surface area contributed by atoms with Crippen molar-refractivity contribution in [3.8, 4) is 0 Å². The molecule has 0 bridgehead atoms. The molecule has 1 amide bonds. The molecule has 1 fully saturated rings.